The van der Waals surface area contributed by atoms with Crippen molar-refractivity contribution in [3.63, 3.8) is 0 Å². The first-order chi connectivity index (χ1) is 26.8. The van der Waals surface area contributed by atoms with Crippen LogP contribution in [0.5, 0.6) is 5.75 Å². The number of fused-ring (bicyclic) bond motifs is 2. The Morgan fingerprint density at radius 1 is 0.855 bits per heavy atom. The van der Waals surface area contributed by atoms with Crippen molar-refractivity contribution >= 4 is 45.1 Å². The Bertz CT molecular complexity index is 2320. The standard InChI is InChI=1S/C44H45N5O6/c50-39-19-17-35(36-18-20-41(52)47-43(36)39)40(51)29-45-24-28-49(38-16-8-12-31-11-4-5-14-34(31)38)42(53)23-27-48-25-21-32(22-26-48)55-44(54)46-37-15-7-6-13-33(37)30-9-2-1-3-10-30/h1-20,32,40,45,50-51H,21-29H2,(H,46,54)(H,47,52). The molecule has 2 heterocycles. The van der Waals surface area contributed by atoms with Crippen LogP contribution >= 0.6 is 0 Å². The Kier molecular flexibility index (Phi) is 11.8. The maximum atomic E-state index is 14.0. The second kappa shape index (κ2) is 17.4. The fraction of sp³-hybridized carbons (Fsp3) is 0.250. The van der Waals surface area contributed by atoms with Gasteiger partial charge >= 0.3 is 6.09 Å². The molecule has 0 radical (unpaired) electrons. The molecule has 1 unspecified atom stereocenters. The molecule has 0 spiro atoms. The normalized spacial score (nSPS) is 14.1. The molecule has 55 heavy (non-hydrogen) atoms. The van der Waals surface area contributed by atoms with Gasteiger partial charge in [-0.15, -0.1) is 0 Å². The number of amides is 2. The number of hydrogen-bond acceptors (Lipinski definition) is 8. The summed E-state index contributed by atoms with van der Waals surface area (Å²) in [4.78, 5) is 45.4. The Morgan fingerprint density at radius 3 is 2.44 bits per heavy atom. The van der Waals surface area contributed by atoms with Crippen LogP contribution in [0.2, 0.25) is 0 Å². The third kappa shape index (κ3) is 9.04. The summed E-state index contributed by atoms with van der Waals surface area (Å²) in [5.41, 5.74) is 3.96. The predicted octanol–water partition coefficient (Wildman–Crippen LogP) is 6.81. The quantitative estimate of drug-likeness (QED) is 0.0812. The number of ether oxygens (including phenoxy) is 1. The minimum Gasteiger partial charge on any atom is -0.506 e. The highest BCUT2D eigenvalue weighted by atomic mass is 16.6. The largest absolute Gasteiger partial charge is 0.506 e. The molecule has 1 fully saturated rings. The number of piperidine rings is 1. The Hall–Kier alpha value is -6.01. The third-order valence-electron chi connectivity index (χ3n) is 10.2. The van der Waals surface area contributed by atoms with Gasteiger partial charge in [-0.2, -0.15) is 0 Å². The first kappa shape index (κ1) is 37.3. The van der Waals surface area contributed by atoms with Gasteiger partial charge in [0, 0.05) is 68.1 Å². The molecule has 0 aliphatic carbocycles. The maximum absolute atomic E-state index is 14.0. The number of nitrogens with one attached hydrogen (secondary N) is 3. The lowest BCUT2D eigenvalue weighted by atomic mass is 10.0. The Morgan fingerprint density at radius 2 is 1.60 bits per heavy atom. The predicted molar refractivity (Wildman–Crippen MR) is 216 cm³/mol. The van der Waals surface area contributed by atoms with Gasteiger partial charge < -0.3 is 35.1 Å². The molecular weight excluding hydrogens is 695 g/mol. The van der Waals surface area contributed by atoms with Gasteiger partial charge in [-0.05, 0) is 53.6 Å². The number of para-hydroxylation sites is 1. The number of nitrogens with zero attached hydrogens (tertiary/aromatic N) is 2. The van der Waals surface area contributed by atoms with E-state index in [0.29, 0.717) is 68.6 Å². The minimum absolute atomic E-state index is 0.0120. The van der Waals surface area contributed by atoms with E-state index in [0.717, 1.165) is 27.6 Å². The first-order valence-corrected chi connectivity index (χ1v) is 18.7. The van der Waals surface area contributed by atoms with Crippen LogP contribution in [0.3, 0.4) is 0 Å². The van der Waals surface area contributed by atoms with Crippen molar-refractivity contribution in [3.8, 4) is 16.9 Å². The van der Waals surface area contributed by atoms with Gasteiger partial charge in [0.05, 0.1) is 23.0 Å². The molecule has 5 aromatic carbocycles. The second-order valence-electron chi connectivity index (χ2n) is 13.8. The van der Waals surface area contributed by atoms with Crippen LogP contribution in [0.1, 0.15) is 30.9 Å². The van der Waals surface area contributed by atoms with Crippen molar-refractivity contribution in [1.29, 1.82) is 0 Å². The second-order valence-corrected chi connectivity index (χ2v) is 13.8. The lowest BCUT2D eigenvalue weighted by Crippen LogP contribution is -2.42. The number of aromatic nitrogens is 1. The average molecular weight is 740 g/mol. The number of carbonyl (C=O) groups is 2. The molecule has 282 valence electrons. The smallest absolute Gasteiger partial charge is 0.411 e. The Labute approximate surface area is 319 Å². The van der Waals surface area contributed by atoms with E-state index in [9.17, 15) is 24.6 Å². The summed E-state index contributed by atoms with van der Waals surface area (Å²) >= 11 is 0. The lowest BCUT2D eigenvalue weighted by molar-refractivity contribution is -0.119. The highest BCUT2D eigenvalue weighted by Gasteiger charge is 2.25. The molecule has 5 N–H and O–H groups in total. The van der Waals surface area contributed by atoms with E-state index >= 15 is 0 Å². The van der Waals surface area contributed by atoms with E-state index in [4.69, 9.17) is 4.74 Å². The van der Waals surface area contributed by atoms with Crippen LogP contribution in [0, 0.1) is 0 Å². The number of anilines is 2. The SMILES string of the molecule is O=C(Nc1ccccc1-c1ccccc1)OC1CCN(CCC(=O)N(CCNCC(O)c2ccc(O)c3[nH]c(=O)ccc23)c2cccc3ccccc23)CC1. The molecule has 7 rings (SSSR count). The number of benzene rings is 5. The molecule has 0 bridgehead atoms. The monoisotopic (exact) mass is 739 g/mol. The number of aliphatic hydroxyl groups excluding tert-OH is 1. The summed E-state index contributed by atoms with van der Waals surface area (Å²) in [6, 6.07) is 37.6. The van der Waals surface area contributed by atoms with Crippen molar-refractivity contribution in [2.45, 2.75) is 31.5 Å². The van der Waals surface area contributed by atoms with Crippen molar-refractivity contribution < 1.29 is 24.5 Å². The summed E-state index contributed by atoms with van der Waals surface area (Å²) in [5, 5.41) is 30.1. The number of rotatable bonds is 13. The topological polar surface area (TPSA) is 147 Å². The van der Waals surface area contributed by atoms with Crippen LogP contribution in [0.25, 0.3) is 32.8 Å². The summed E-state index contributed by atoms with van der Waals surface area (Å²) in [6.45, 7) is 2.98. The summed E-state index contributed by atoms with van der Waals surface area (Å²) in [5.74, 6) is -0.0791. The highest BCUT2D eigenvalue weighted by molar-refractivity contribution is 6.03. The van der Waals surface area contributed by atoms with Crippen LogP contribution in [-0.4, -0.2) is 77.5 Å². The molecule has 1 aliphatic heterocycles. The van der Waals surface area contributed by atoms with Gasteiger partial charge in [0.25, 0.3) is 0 Å². The van der Waals surface area contributed by atoms with Gasteiger partial charge in [0.1, 0.15) is 11.9 Å². The van der Waals surface area contributed by atoms with E-state index in [1.807, 2.05) is 102 Å². The summed E-state index contributed by atoms with van der Waals surface area (Å²) in [6.07, 6.45) is 0.0503. The highest BCUT2D eigenvalue weighted by Crippen LogP contribution is 2.31. The van der Waals surface area contributed by atoms with Crippen molar-refractivity contribution in [2.75, 3.05) is 49.5 Å². The number of likely N-dealkylation sites (tertiary alicyclic amines) is 1. The van der Waals surface area contributed by atoms with Crippen LogP contribution in [0.15, 0.2) is 126 Å². The van der Waals surface area contributed by atoms with Crippen molar-refractivity contribution in [1.82, 2.24) is 15.2 Å². The van der Waals surface area contributed by atoms with E-state index in [1.54, 1.807) is 12.1 Å². The number of aromatic amines is 1. The van der Waals surface area contributed by atoms with E-state index in [1.165, 1.54) is 12.1 Å². The maximum Gasteiger partial charge on any atom is 0.411 e. The van der Waals surface area contributed by atoms with Gasteiger partial charge in [-0.25, -0.2) is 4.79 Å². The van der Waals surface area contributed by atoms with E-state index in [-0.39, 0.29) is 35.4 Å². The lowest BCUT2D eigenvalue weighted by Gasteiger charge is -2.32. The number of aliphatic hydroxyl groups is 1. The number of hydrogen-bond donors (Lipinski definition) is 5. The molecule has 2 amide bonds. The van der Waals surface area contributed by atoms with Gasteiger partial charge in [-0.3, -0.25) is 14.9 Å². The molecule has 1 saturated heterocycles. The van der Waals surface area contributed by atoms with Crippen LogP contribution in [0.4, 0.5) is 16.2 Å². The number of aromatic hydroxyl groups is 1. The van der Waals surface area contributed by atoms with E-state index < -0.39 is 12.2 Å². The molecule has 0 saturated carbocycles. The number of phenols is 1. The van der Waals surface area contributed by atoms with Crippen LogP contribution < -0.4 is 21.1 Å². The molecule has 1 aliphatic rings. The van der Waals surface area contributed by atoms with Gasteiger partial charge in [-0.1, -0.05) is 91.0 Å². The van der Waals surface area contributed by atoms with Gasteiger partial charge in [0.15, 0.2) is 0 Å². The summed E-state index contributed by atoms with van der Waals surface area (Å²) < 4.78 is 5.83. The summed E-state index contributed by atoms with van der Waals surface area (Å²) in [7, 11) is 0. The minimum atomic E-state index is -0.918. The number of carbonyl (C=O) groups excluding carboxylic acids is 2. The first-order valence-electron chi connectivity index (χ1n) is 18.7. The van der Waals surface area contributed by atoms with Crippen LogP contribution in [-0.2, 0) is 9.53 Å². The third-order valence-corrected chi connectivity index (χ3v) is 10.2. The average Bonchev–Trinajstić information content (AvgIpc) is 3.21. The molecule has 11 nitrogen and oxygen atoms in total. The molecule has 1 aromatic heterocycles. The Balaban J connectivity index is 0.935. The molecular formula is C44H45N5O6. The number of phenolic OH excluding ortho intramolecular Hbond substituents is 1. The van der Waals surface area contributed by atoms with Crippen molar-refractivity contribution in [3.05, 3.63) is 137 Å². The van der Waals surface area contributed by atoms with Gasteiger partial charge in [0.2, 0.25) is 11.5 Å². The number of pyridine rings is 1. The zero-order valence-corrected chi connectivity index (χ0v) is 30.5. The fourth-order valence-corrected chi connectivity index (χ4v) is 7.30. The zero-order valence-electron chi connectivity index (χ0n) is 30.5. The van der Waals surface area contributed by atoms with E-state index in [2.05, 4.69) is 20.5 Å². The fourth-order valence-electron chi connectivity index (χ4n) is 7.30. The molecule has 1 atom stereocenters. The number of H-pyrrole nitrogens is 1. The zero-order chi connectivity index (χ0) is 38.1. The molecule has 6 aromatic rings. The van der Waals surface area contributed by atoms with Crippen molar-refractivity contribution in [2.24, 2.45) is 0 Å². The molecule has 11 heteroatoms.